The first kappa shape index (κ1) is 25.2. The largest absolute Gasteiger partial charge is 0.480 e. The molecule has 2 amide bonds. The van der Waals surface area contributed by atoms with Gasteiger partial charge >= 0.3 is 5.97 Å². The lowest BCUT2D eigenvalue weighted by atomic mass is 9.94. The lowest BCUT2D eigenvalue weighted by Gasteiger charge is -2.31. The molecule has 0 aromatic carbocycles. The molecule has 0 bridgehead atoms. The van der Waals surface area contributed by atoms with E-state index in [1.807, 2.05) is 42.0 Å². The van der Waals surface area contributed by atoms with Gasteiger partial charge in [0, 0.05) is 12.6 Å². The first-order valence-corrected chi connectivity index (χ1v) is 12.8. The van der Waals surface area contributed by atoms with Crippen LogP contribution < -0.4 is 10.6 Å². The Bertz CT molecular complexity index is 934. The number of carboxylic acids is 1. The zero-order valence-corrected chi connectivity index (χ0v) is 20.4. The van der Waals surface area contributed by atoms with Crippen molar-refractivity contribution in [1.29, 1.82) is 0 Å². The second-order valence-corrected chi connectivity index (χ2v) is 9.96. The molecule has 3 rings (SSSR count). The first-order chi connectivity index (χ1) is 15.8. The van der Waals surface area contributed by atoms with E-state index in [1.165, 1.54) is 0 Å². The Balaban J connectivity index is 1.68. The second-order valence-electron chi connectivity index (χ2n) is 8.56. The van der Waals surface area contributed by atoms with Gasteiger partial charge in [0.05, 0.1) is 11.3 Å². The first-order valence-electron chi connectivity index (χ1n) is 11.3. The molecule has 0 saturated heterocycles. The quantitative estimate of drug-likeness (QED) is 0.375. The van der Waals surface area contributed by atoms with Gasteiger partial charge in [0.2, 0.25) is 11.8 Å². The number of aliphatic carboxylic acids is 1. The van der Waals surface area contributed by atoms with E-state index in [0.29, 0.717) is 24.8 Å². The average Bonchev–Trinajstić information content (AvgIpc) is 3.43. The molecule has 33 heavy (non-hydrogen) atoms. The number of carbonyl (C=O) groups is 3. The van der Waals surface area contributed by atoms with Crippen molar-refractivity contribution in [3.8, 4) is 0 Å². The smallest absolute Gasteiger partial charge is 0.326 e. The molecule has 3 unspecified atom stereocenters. The van der Waals surface area contributed by atoms with Gasteiger partial charge in [-0.1, -0.05) is 44.4 Å². The minimum Gasteiger partial charge on any atom is -0.480 e. The highest BCUT2D eigenvalue weighted by Crippen LogP contribution is 2.31. The highest BCUT2D eigenvalue weighted by Gasteiger charge is 2.44. The van der Waals surface area contributed by atoms with Gasteiger partial charge in [-0.25, -0.2) is 4.79 Å². The highest BCUT2D eigenvalue weighted by molar-refractivity contribution is 7.81. The van der Waals surface area contributed by atoms with Gasteiger partial charge in [-0.3, -0.25) is 14.6 Å². The molecule has 1 fully saturated rings. The third-order valence-corrected chi connectivity index (χ3v) is 7.25. The van der Waals surface area contributed by atoms with E-state index in [2.05, 4.69) is 28.3 Å². The number of thiophene rings is 1. The maximum absolute atomic E-state index is 13.2. The lowest BCUT2D eigenvalue weighted by Crippen LogP contribution is -2.60. The van der Waals surface area contributed by atoms with Gasteiger partial charge in [0.25, 0.3) is 0 Å². The van der Waals surface area contributed by atoms with Gasteiger partial charge < -0.3 is 15.7 Å². The van der Waals surface area contributed by atoms with Crippen molar-refractivity contribution in [1.82, 2.24) is 10.6 Å². The van der Waals surface area contributed by atoms with E-state index in [0.717, 1.165) is 24.8 Å². The topological polar surface area (TPSA) is 108 Å². The summed E-state index contributed by atoms with van der Waals surface area (Å²) in [7, 11) is 0. The van der Waals surface area contributed by atoms with Crippen molar-refractivity contribution in [3.05, 3.63) is 46.2 Å². The summed E-state index contributed by atoms with van der Waals surface area (Å²) in [6.07, 6.45) is 11.4. The Hall–Kier alpha value is -2.39. The van der Waals surface area contributed by atoms with Crippen LogP contribution in [0.5, 0.6) is 0 Å². The molecule has 1 saturated carbocycles. The molecule has 0 spiro atoms. The number of carboxylic acid groups (broad SMARTS) is 1. The summed E-state index contributed by atoms with van der Waals surface area (Å²) in [5.41, 5.74) is 0.698. The van der Waals surface area contributed by atoms with Crippen LogP contribution in [0.25, 0.3) is 0 Å². The molecule has 178 valence electrons. The maximum atomic E-state index is 13.2. The zero-order valence-electron chi connectivity index (χ0n) is 18.7. The second kappa shape index (κ2) is 11.7. The number of carbonyl (C=O) groups excluding carboxylic acids is 2. The molecule has 1 aromatic rings. The summed E-state index contributed by atoms with van der Waals surface area (Å²) >= 11 is 5.95. The fraction of sp³-hybridized carbons (Fsp3) is 0.500. The summed E-state index contributed by atoms with van der Waals surface area (Å²) in [5, 5.41) is 18.9. The maximum Gasteiger partial charge on any atom is 0.326 e. The van der Waals surface area contributed by atoms with Gasteiger partial charge in [-0.15, -0.1) is 0 Å². The minimum atomic E-state index is -1.13. The Morgan fingerprint density at radius 3 is 2.73 bits per heavy atom. The predicted octanol–water partition coefficient (Wildman–Crippen LogP) is 3.84. The van der Waals surface area contributed by atoms with Crippen LogP contribution in [0, 0.1) is 0 Å². The van der Waals surface area contributed by atoms with Gasteiger partial charge in [0.1, 0.15) is 11.6 Å². The van der Waals surface area contributed by atoms with E-state index >= 15 is 0 Å². The summed E-state index contributed by atoms with van der Waals surface area (Å²) in [6.45, 7) is 1.97. The van der Waals surface area contributed by atoms with Crippen LogP contribution in [-0.2, 0) is 14.4 Å². The SMILES string of the molecule is CCCC(S)C(=O)NC1(C(=O)NC(CC2=CC=CC(c3ccsc3)N=C2)C(=O)O)CCCC1. The fourth-order valence-corrected chi connectivity index (χ4v) is 5.17. The Morgan fingerprint density at radius 1 is 1.33 bits per heavy atom. The molecule has 1 aliphatic heterocycles. The van der Waals surface area contributed by atoms with Crippen molar-refractivity contribution >= 4 is 48.0 Å². The molecule has 0 radical (unpaired) electrons. The number of rotatable bonds is 10. The van der Waals surface area contributed by atoms with E-state index in [9.17, 15) is 19.5 Å². The van der Waals surface area contributed by atoms with Crippen LogP contribution in [0.4, 0.5) is 0 Å². The van der Waals surface area contributed by atoms with Crippen LogP contribution in [0.1, 0.15) is 63.5 Å². The zero-order chi connectivity index (χ0) is 23.8. The van der Waals surface area contributed by atoms with E-state index in [1.54, 1.807) is 17.6 Å². The molecular formula is C24H31N3O4S2. The number of allylic oxidation sites excluding steroid dienone is 2. The average molecular weight is 490 g/mol. The number of thiol groups is 1. The van der Waals surface area contributed by atoms with Crippen molar-refractivity contribution in [2.75, 3.05) is 0 Å². The van der Waals surface area contributed by atoms with Gasteiger partial charge in [0.15, 0.2) is 0 Å². The number of hydrogen-bond acceptors (Lipinski definition) is 6. The molecule has 1 aromatic heterocycles. The molecule has 9 heteroatoms. The fourth-order valence-electron chi connectivity index (χ4n) is 4.16. The van der Waals surface area contributed by atoms with Crippen LogP contribution >= 0.6 is 24.0 Å². The van der Waals surface area contributed by atoms with Crippen LogP contribution in [0.15, 0.2) is 45.6 Å². The minimum absolute atomic E-state index is 0.0975. The third kappa shape index (κ3) is 6.57. The van der Waals surface area contributed by atoms with Crippen molar-refractivity contribution in [3.63, 3.8) is 0 Å². The number of nitrogens with one attached hydrogen (secondary N) is 2. The van der Waals surface area contributed by atoms with Gasteiger partial charge in [-0.05, 0) is 47.2 Å². The Morgan fingerprint density at radius 2 is 2.09 bits per heavy atom. The molecule has 7 nitrogen and oxygen atoms in total. The van der Waals surface area contributed by atoms with Crippen molar-refractivity contribution in [2.45, 2.75) is 74.7 Å². The third-order valence-electron chi connectivity index (χ3n) is 6.05. The molecule has 2 aliphatic rings. The monoisotopic (exact) mass is 489 g/mol. The van der Waals surface area contributed by atoms with Crippen molar-refractivity contribution in [2.24, 2.45) is 4.99 Å². The van der Waals surface area contributed by atoms with E-state index in [4.69, 9.17) is 0 Å². The summed E-state index contributed by atoms with van der Waals surface area (Å²) in [4.78, 5) is 42.4. The lowest BCUT2D eigenvalue weighted by molar-refractivity contribution is -0.143. The van der Waals surface area contributed by atoms with Crippen LogP contribution in [0.2, 0.25) is 0 Å². The number of aliphatic imine (C=N–C) groups is 1. The predicted molar refractivity (Wildman–Crippen MR) is 134 cm³/mol. The number of nitrogens with zero attached hydrogens (tertiary/aromatic N) is 1. The standard InChI is InChI=1S/C24H31N3O4S2/c1-2-6-20(32)21(28)27-24(10-3-4-11-24)23(31)26-19(22(29)30)13-16-7-5-8-18(25-14-16)17-9-12-33-15-17/h5,7-9,12,14-15,18-20,32H,2-4,6,10-11,13H2,1H3,(H,26,31)(H,27,28)(H,29,30). The summed E-state index contributed by atoms with van der Waals surface area (Å²) < 4.78 is 0. The molecule has 3 N–H and O–H groups in total. The van der Waals surface area contributed by atoms with Gasteiger partial charge in [-0.2, -0.15) is 24.0 Å². The molecule has 1 aliphatic carbocycles. The number of hydrogen-bond donors (Lipinski definition) is 4. The van der Waals surface area contributed by atoms with Crippen LogP contribution in [-0.4, -0.2) is 45.9 Å². The number of amides is 2. The molecule has 2 heterocycles. The Kier molecular flexibility index (Phi) is 8.91. The summed E-state index contributed by atoms with van der Waals surface area (Å²) in [6, 6.07) is 0.767. The molecule has 3 atom stereocenters. The van der Waals surface area contributed by atoms with Crippen LogP contribution in [0.3, 0.4) is 0 Å². The normalized spacial score (nSPS) is 21.0. The highest BCUT2D eigenvalue weighted by atomic mass is 32.1. The summed E-state index contributed by atoms with van der Waals surface area (Å²) in [5.74, 6) is -1.86. The van der Waals surface area contributed by atoms with E-state index < -0.39 is 28.7 Å². The Labute approximate surface area is 203 Å². The van der Waals surface area contributed by atoms with E-state index in [-0.39, 0.29) is 18.4 Å². The molecular weight excluding hydrogens is 458 g/mol. The van der Waals surface area contributed by atoms with Crippen molar-refractivity contribution < 1.29 is 19.5 Å².